The monoisotopic (exact) mass is 363 g/mol. The zero-order valence-corrected chi connectivity index (χ0v) is 14.5. The van der Waals surface area contributed by atoms with Gasteiger partial charge in [-0.05, 0) is 30.7 Å². The van der Waals surface area contributed by atoms with Crippen LogP contribution in [0.4, 0.5) is 5.13 Å². The maximum absolute atomic E-state index is 12.6. The summed E-state index contributed by atoms with van der Waals surface area (Å²) in [7, 11) is 0. The van der Waals surface area contributed by atoms with Gasteiger partial charge in [0.05, 0.1) is 5.69 Å². The predicted octanol–water partition coefficient (Wildman–Crippen LogP) is 3.82. The summed E-state index contributed by atoms with van der Waals surface area (Å²) in [5, 5.41) is 5.08. The number of anilines is 1. The molecule has 0 radical (unpaired) electrons. The van der Waals surface area contributed by atoms with Crippen molar-refractivity contribution < 1.29 is 9.21 Å². The summed E-state index contributed by atoms with van der Waals surface area (Å²) in [6.07, 6.45) is 6.23. The molecule has 4 aromatic rings. The Morgan fingerprint density at radius 1 is 1.12 bits per heavy atom. The molecule has 4 heterocycles. The van der Waals surface area contributed by atoms with E-state index in [0.29, 0.717) is 10.8 Å². The number of nitrogens with zero attached hydrogens (tertiary/aromatic N) is 4. The second-order valence-corrected chi connectivity index (χ2v) is 6.29. The van der Waals surface area contributed by atoms with Gasteiger partial charge in [0.15, 0.2) is 11.5 Å². The van der Waals surface area contributed by atoms with Crippen LogP contribution in [0, 0.1) is 6.92 Å². The number of thiazole rings is 1. The highest BCUT2D eigenvalue weighted by molar-refractivity contribution is 7.14. The minimum atomic E-state index is -0.409. The molecule has 0 fully saturated rings. The Hall–Kier alpha value is -3.39. The first-order valence-electron chi connectivity index (χ1n) is 7.75. The maximum Gasteiger partial charge on any atom is 0.295 e. The number of pyridine rings is 2. The van der Waals surface area contributed by atoms with Crippen LogP contribution in [-0.4, -0.2) is 25.8 Å². The molecule has 8 heteroatoms. The largest absolute Gasteiger partial charge is 0.438 e. The van der Waals surface area contributed by atoms with Crippen LogP contribution in [0.2, 0.25) is 0 Å². The minimum Gasteiger partial charge on any atom is -0.438 e. The number of nitrogens with one attached hydrogen (secondary N) is 1. The number of rotatable bonds is 4. The van der Waals surface area contributed by atoms with E-state index in [1.165, 1.54) is 17.7 Å². The Morgan fingerprint density at radius 3 is 2.77 bits per heavy atom. The third kappa shape index (κ3) is 3.09. The van der Waals surface area contributed by atoms with E-state index in [1.807, 2.05) is 24.4 Å². The highest BCUT2D eigenvalue weighted by Gasteiger charge is 2.20. The molecular weight excluding hydrogens is 350 g/mol. The lowest BCUT2D eigenvalue weighted by Crippen LogP contribution is -2.12. The van der Waals surface area contributed by atoms with Crippen molar-refractivity contribution in [2.75, 3.05) is 5.32 Å². The molecule has 0 aliphatic heterocycles. The van der Waals surface area contributed by atoms with E-state index in [2.05, 4.69) is 25.3 Å². The molecule has 0 aromatic carbocycles. The zero-order chi connectivity index (χ0) is 17.9. The van der Waals surface area contributed by atoms with E-state index in [0.717, 1.165) is 22.5 Å². The van der Waals surface area contributed by atoms with Crippen LogP contribution in [0.3, 0.4) is 0 Å². The fourth-order valence-electron chi connectivity index (χ4n) is 2.47. The van der Waals surface area contributed by atoms with Gasteiger partial charge in [0, 0.05) is 29.5 Å². The first-order chi connectivity index (χ1) is 12.7. The summed E-state index contributed by atoms with van der Waals surface area (Å²) in [5.74, 6) is -0.282. The Balaban J connectivity index is 1.57. The molecular formula is C18H13N5O2S. The van der Waals surface area contributed by atoms with Crippen molar-refractivity contribution in [2.24, 2.45) is 0 Å². The Bertz CT molecular complexity index is 1060. The van der Waals surface area contributed by atoms with Crippen molar-refractivity contribution >= 4 is 22.4 Å². The van der Waals surface area contributed by atoms with Crippen molar-refractivity contribution in [1.82, 2.24) is 19.9 Å². The molecule has 0 bridgehead atoms. The number of aryl methyl sites for hydroxylation is 1. The first-order valence-corrected chi connectivity index (χ1v) is 8.63. The molecule has 0 unspecified atom stereocenters. The van der Waals surface area contributed by atoms with Gasteiger partial charge in [-0.25, -0.2) is 9.97 Å². The number of aromatic nitrogens is 4. The molecule has 0 saturated heterocycles. The number of oxazole rings is 1. The zero-order valence-electron chi connectivity index (χ0n) is 13.7. The van der Waals surface area contributed by atoms with Gasteiger partial charge < -0.3 is 4.42 Å². The van der Waals surface area contributed by atoms with Crippen molar-refractivity contribution in [3.05, 3.63) is 66.0 Å². The topological polar surface area (TPSA) is 93.8 Å². The van der Waals surface area contributed by atoms with Crippen LogP contribution in [0.5, 0.6) is 0 Å². The van der Waals surface area contributed by atoms with Crippen LogP contribution in [0.15, 0.2) is 59.0 Å². The van der Waals surface area contributed by atoms with Gasteiger partial charge in [0.1, 0.15) is 11.4 Å². The molecule has 0 atom stereocenters. The number of carbonyl (C=O) groups excluding carboxylic acids is 1. The van der Waals surface area contributed by atoms with E-state index in [4.69, 9.17) is 4.42 Å². The summed E-state index contributed by atoms with van der Waals surface area (Å²) >= 11 is 1.33. The standard InChI is InChI=1S/C18H13N5O2S/c1-11-3-2-6-20-14(11)13-9-26-18(22-13)23-17(24)16-15(21-10-25-16)12-4-7-19-8-5-12/h2-10H,1H3,(H,22,23,24). The molecule has 0 spiro atoms. The van der Waals surface area contributed by atoms with Gasteiger partial charge in [-0.3, -0.25) is 20.1 Å². The van der Waals surface area contributed by atoms with E-state index in [-0.39, 0.29) is 5.76 Å². The number of hydrogen-bond donors (Lipinski definition) is 1. The average Bonchev–Trinajstić information content (AvgIpc) is 3.32. The second-order valence-electron chi connectivity index (χ2n) is 5.43. The molecule has 0 saturated carbocycles. The highest BCUT2D eigenvalue weighted by Crippen LogP contribution is 2.27. The highest BCUT2D eigenvalue weighted by atomic mass is 32.1. The molecule has 0 aliphatic carbocycles. The second kappa shape index (κ2) is 6.85. The Kier molecular flexibility index (Phi) is 4.24. The van der Waals surface area contributed by atoms with E-state index >= 15 is 0 Å². The molecule has 26 heavy (non-hydrogen) atoms. The average molecular weight is 363 g/mol. The van der Waals surface area contributed by atoms with Gasteiger partial charge in [-0.1, -0.05) is 6.07 Å². The van der Waals surface area contributed by atoms with Gasteiger partial charge in [0.25, 0.3) is 5.91 Å². The van der Waals surface area contributed by atoms with Gasteiger partial charge in [-0.15, -0.1) is 11.3 Å². The molecule has 4 rings (SSSR count). The van der Waals surface area contributed by atoms with Crippen LogP contribution in [-0.2, 0) is 0 Å². The summed E-state index contributed by atoms with van der Waals surface area (Å²) in [6, 6.07) is 7.37. The van der Waals surface area contributed by atoms with E-state index < -0.39 is 5.91 Å². The minimum absolute atomic E-state index is 0.127. The van der Waals surface area contributed by atoms with Gasteiger partial charge >= 0.3 is 0 Å². The first kappa shape index (κ1) is 16.1. The van der Waals surface area contributed by atoms with Crippen LogP contribution in [0.25, 0.3) is 22.6 Å². The van der Waals surface area contributed by atoms with E-state index in [9.17, 15) is 4.79 Å². The normalized spacial score (nSPS) is 10.7. The molecule has 7 nitrogen and oxygen atoms in total. The third-order valence-corrected chi connectivity index (χ3v) is 4.46. The van der Waals surface area contributed by atoms with Crippen LogP contribution in [0.1, 0.15) is 16.1 Å². The molecule has 0 aliphatic rings. The number of carbonyl (C=O) groups is 1. The quantitative estimate of drug-likeness (QED) is 0.592. The summed E-state index contributed by atoms with van der Waals surface area (Å²) in [5.41, 5.74) is 3.74. The van der Waals surface area contributed by atoms with Gasteiger partial charge in [-0.2, -0.15) is 0 Å². The SMILES string of the molecule is Cc1cccnc1-c1csc(NC(=O)c2ocnc2-c2ccncc2)n1. The smallest absolute Gasteiger partial charge is 0.295 e. The van der Waals surface area contributed by atoms with Crippen LogP contribution >= 0.6 is 11.3 Å². The lowest BCUT2D eigenvalue weighted by Gasteiger charge is -2.02. The lowest BCUT2D eigenvalue weighted by molar-refractivity contribution is 0.0997. The lowest BCUT2D eigenvalue weighted by atomic mass is 10.1. The molecule has 1 N–H and O–H groups in total. The molecule has 128 valence electrons. The summed E-state index contributed by atoms with van der Waals surface area (Å²) in [4.78, 5) is 29.5. The van der Waals surface area contributed by atoms with Crippen molar-refractivity contribution in [3.63, 3.8) is 0 Å². The summed E-state index contributed by atoms with van der Waals surface area (Å²) < 4.78 is 5.28. The van der Waals surface area contributed by atoms with Crippen molar-refractivity contribution in [2.45, 2.75) is 6.92 Å². The fourth-order valence-corrected chi connectivity index (χ4v) is 3.16. The van der Waals surface area contributed by atoms with Crippen LogP contribution < -0.4 is 5.32 Å². The number of hydrogen-bond acceptors (Lipinski definition) is 7. The predicted molar refractivity (Wildman–Crippen MR) is 97.8 cm³/mol. The van der Waals surface area contributed by atoms with Crippen molar-refractivity contribution in [1.29, 1.82) is 0 Å². The Labute approximate surface area is 152 Å². The van der Waals surface area contributed by atoms with E-state index in [1.54, 1.807) is 30.7 Å². The number of amides is 1. The van der Waals surface area contributed by atoms with Gasteiger partial charge in [0.2, 0.25) is 5.76 Å². The fraction of sp³-hybridized carbons (Fsp3) is 0.0556. The molecule has 4 aromatic heterocycles. The van der Waals surface area contributed by atoms with Crippen molar-refractivity contribution in [3.8, 4) is 22.6 Å². The maximum atomic E-state index is 12.6. The Morgan fingerprint density at radius 2 is 1.96 bits per heavy atom. The summed E-state index contributed by atoms with van der Waals surface area (Å²) in [6.45, 7) is 1.97. The third-order valence-electron chi connectivity index (χ3n) is 3.70. The molecule has 1 amide bonds.